The Hall–Kier alpha value is -3.73. The van der Waals surface area contributed by atoms with Crippen LogP contribution < -0.4 is 5.32 Å². The normalized spacial score (nSPS) is 12.9. The Labute approximate surface area is 216 Å². The number of thiophene rings is 1. The zero-order chi connectivity index (χ0) is 25.1. The minimum atomic E-state index is -0.511. The molecule has 4 aromatic carbocycles. The molecule has 2 N–H and O–H groups in total. The van der Waals surface area contributed by atoms with Crippen molar-refractivity contribution in [1.82, 2.24) is 0 Å². The van der Waals surface area contributed by atoms with E-state index in [1.54, 1.807) is 18.3 Å². The predicted molar refractivity (Wildman–Crippen MR) is 151 cm³/mol. The fourth-order valence-electron chi connectivity index (χ4n) is 4.60. The van der Waals surface area contributed by atoms with Gasteiger partial charge in [0.05, 0.1) is 11.0 Å². The van der Waals surface area contributed by atoms with Gasteiger partial charge in [-0.25, -0.2) is 0 Å². The van der Waals surface area contributed by atoms with Crippen molar-refractivity contribution >= 4 is 39.3 Å². The number of carbonyl (C=O) groups is 1. The van der Waals surface area contributed by atoms with E-state index in [1.165, 1.54) is 16.3 Å². The molecule has 36 heavy (non-hydrogen) atoms. The van der Waals surface area contributed by atoms with Crippen LogP contribution in [-0.4, -0.2) is 10.9 Å². The number of aliphatic hydroxyl groups excluding tert-OH is 1. The molecule has 3 nitrogen and oxygen atoms in total. The number of ketones is 1. The molecule has 0 aliphatic heterocycles. The van der Waals surface area contributed by atoms with Gasteiger partial charge in [0, 0.05) is 22.7 Å². The molecule has 0 aliphatic rings. The van der Waals surface area contributed by atoms with Crippen LogP contribution in [0, 0.1) is 0 Å². The fourth-order valence-corrected chi connectivity index (χ4v) is 5.56. The molecule has 180 valence electrons. The Bertz CT molecular complexity index is 1510. The van der Waals surface area contributed by atoms with Crippen molar-refractivity contribution < 1.29 is 9.90 Å². The predicted octanol–water partition coefficient (Wildman–Crippen LogP) is 8.74. The molecule has 1 unspecified atom stereocenters. The highest BCUT2D eigenvalue weighted by Crippen LogP contribution is 2.34. The number of aliphatic hydroxyl groups is 1. The quantitative estimate of drug-likeness (QED) is 0.213. The van der Waals surface area contributed by atoms with Gasteiger partial charge in [0.2, 0.25) is 0 Å². The van der Waals surface area contributed by atoms with Gasteiger partial charge in [-0.2, -0.15) is 0 Å². The number of fused-ring (bicyclic) bond motifs is 1. The van der Waals surface area contributed by atoms with Crippen molar-refractivity contribution in [2.75, 3.05) is 5.32 Å². The summed E-state index contributed by atoms with van der Waals surface area (Å²) in [4.78, 5) is 15.0. The second-order valence-electron chi connectivity index (χ2n) is 9.27. The Morgan fingerprint density at radius 2 is 1.56 bits per heavy atom. The van der Waals surface area contributed by atoms with Crippen molar-refractivity contribution in [3.05, 3.63) is 119 Å². The van der Waals surface area contributed by atoms with Gasteiger partial charge in [0.15, 0.2) is 5.78 Å². The van der Waals surface area contributed by atoms with E-state index in [4.69, 9.17) is 0 Å². The largest absolute Gasteiger partial charge is 0.389 e. The molecule has 0 bridgehead atoms. The number of nitrogens with one attached hydrogen (secondary N) is 1. The Morgan fingerprint density at radius 1 is 0.833 bits per heavy atom. The van der Waals surface area contributed by atoms with Gasteiger partial charge in [-0.15, -0.1) is 11.3 Å². The van der Waals surface area contributed by atoms with Gasteiger partial charge in [-0.3, -0.25) is 4.79 Å². The van der Waals surface area contributed by atoms with Crippen LogP contribution in [0.3, 0.4) is 0 Å². The first kappa shape index (κ1) is 24.0. The Balaban J connectivity index is 1.31. The molecule has 1 aromatic heterocycles. The molecule has 5 aromatic rings. The lowest BCUT2D eigenvalue weighted by Crippen LogP contribution is -2.04. The van der Waals surface area contributed by atoms with E-state index in [9.17, 15) is 9.90 Å². The van der Waals surface area contributed by atoms with Crippen molar-refractivity contribution in [1.29, 1.82) is 0 Å². The number of hydrogen-bond donors (Lipinski definition) is 2. The van der Waals surface area contributed by atoms with Crippen molar-refractivity contribution in [3.8, 4) is 10.4 Å². The summed E-state index contributed by atoms with van der Waals surface area (Å²) in [7, 11) is 0. The average molecular weight is 492 g/mol. The highest BCUT2D eigenvalue weighted by molar-refractivity contribution is 7.17. The highest BCUT2D eigenvalue weighted by Gasteiger charge is 2.17. The summed E-state index contributed by atoms with van der Waals surface area (Å²) in [5.74, 6) is 0.315. The molecular formula is C32H29NO2S. The van der Waals surface area contributed by atoms with Gasteiger partial charge < -0.3 is 10.4 Å². The summed E-state index contributed by atoms with van der Waals surface area (Å²) in [6.07, 6.45) is -0.0293. The maximum atomic E-state index is 13.2. The fraction of sp³-hybridized carbons (Fsp3) is 0.156. The number of anilines is 2. The molecule has 0 fully saturated rings. The Kier molecular flexibility index (Phi) is 6.99. The van der Waals surface area contributed by atoms with E-state index < -0.39 is 6.10 Å². The maximum Gasteiger partial charge on any atom is 0.173 e. The summed E-state index contributed by atoms with van der Waals surface area (Å²) in [5.41, 5.74) is 5.04. The zero-order valence-corrected chi connectivity index (χ0v) is 21.3. The van der Waals surface area contributed by atoms with Crippen LogP contribution >= 0.6 is 11.3 Å². The lowest BCUT2D eigenvalue weighted by atomic mass is 9.91. The van der Waals surface area contributed by atoms with Crippen LogP contribution in [0.25, 0.3) is 21.2 Å². The number of Topliss-reactive ketones (excluding diaryl/α,β-unsaturated/α-hetero) is 1. The van der Waals surface area contributed by atoms with Crippen LogP contribution in [0.4, 0.5) is 11.4 Å². The standard InChI is InChI=1S/C32H29NO2S/c1-21(28-15-7-9-23-8-3-4-14-29(23)28)18-30(35)32-17-16-31(36-32)25-11-6-13-27(20-25)33-26-12-5-10-24(19-26)22(2)34/h3-17,19-22,33-34H,18H2,1-2H3/t21-,22?/m0/s1. The van der Waals surface area contributed by atoms with Crippen LogP contribution in [0.2, 0.25) is 0 Å². The summed E-state index contributed by atoms with van der Waals surface area (Å²) in [6.45, 7) is 3.90. The minimum absolute atomic E-state index is 0.138. The van der Waals surface area contributed by atoms with Crippen molar-refractivity contribution in [2.45, 2.75) is 32.3 Å². The van der Waals surface area contributed by atoms with Gasteiger partial charge in [0.1, 0.15) is 0 Å². The van der Waals surface area contributed by atoms with E-state index >= 15 is 0 Å². The SMILES string of the molecule is CC(O)c1cccc(Nc2cccc(-c3ccc(C(=O)C[C@H](C)c4cccc5ccccc45)s3)c2)c1. The molecule has 0 spiro atoms. The van der Waals surface area contributed by atoms with E-state index in [0.717, 1.165) is 32.3 Å². The summed E-state index contributed by atoms with van der Waals surface area (Å²) in [5, 5.41) is 15.7. The summed E-state index contributed by atoms with van der Waals surface area (Å²) < 4.78 is 0. The highest BCUT2D eigenvalue weighted by atomic mass is 32.1. The van der Waals surface area contributed by atoms with Crippen LogP contribution in [0.1, 0.15) is 53.1 Å². The first-order valence-electron chi connectivity index (χ1n) is 12.2. The molecule has 0 radical (unpaired) electrons. The topological polar surface area (TPSA) is 49.3 Å². The van der Waals surface area contributed by atoms with E-state index in [1.807, 2.05) is 54.6 Å². The van der Waals surface area contributed by atoms with Crippen molar-refractivity contribution in [2.24, 2.45) is 0 Å². The maximum absolute atomic E-state index is 13.2. The first-order valence-corrected chi connectivity index (χ1v) is 13.1. The molecule has 0 aliphatic carbocycles. The first-order chi connectivity index (χ1) is 17.5. The molecule has 0 amide bonds. The molecule has 0 saturated heterocycles. The zero-order valence-electron chi connectivity index (χ0n) is 20.4. The minimum Gasteiger partial charge on any atom is -0.389 e. The Morgan fingerprint density at radius 3 is 2.39 bits per heavy atom. The molecule has 2 atom stereocenters. The molecule has 4 heteroatoms. The van der Waals surface area contributed by atoms with Gasteiger partial charge in [-0.05, 0) is 76.7 Å². The lowest BCUT2D eigenvalue weighted by Gasteiger charge is -2.13. The van der Waals surface area contributed by atoms with Crippen LogP contribution in [0.15, 0.2) is 103 Å². The number of benzene rings is 4. The summed E-state index contributed by atoms with van der Waals surface area (Å²) >= 11 is 1.55. The van der Waals surface area contributed by atoms with Gasteiger partial charge >= 0.3 is 0 Å². The van der Waals surface area contributed by atoms with Gasteiger partial charge in [0.25, 0.3) is 0 Å². The molecule has 1 heterocycles. The third-order valence-corrected chi connectivity index (χ3v) is 7.71. The smallest absolute Gasteiger partial charge is 0.173 e. The van der Waals surface area contributed by atoms with E-state index in [2.05, 4.69) is 60.8 Å². The number of hydrogen-bond acceptors (Lipinski definition) is 4. The monoisotopic (exact) mass is 491 g/mol. The molecule has 0 saturated carbocycles. The third-order valence-electron chi connectivity index (χ3n) is 6.53. The second-order valence-corrected chi connectivity index (χ2v) is 10.4. The summed E-state index contributed by atoms with van der Waals surface area (Å²) in [6, 6.07) is 34.6. The average Bonchev–Trinajstić information content (AvgIpc) is 3.39. The number of carbonyl (C=O) groups excluding carboxylic acids is 1. The molecule has 5 rings (SSSR count). The van der Waals surface area contributed by atoms with Crippen LogP contribution in [-0.2, 0) is 0 Å². The van der Waals surface area contributed by atoms with E-state index in [0.29, 0.717) is 6.42 Å². The van der Waals surface area contributed by atoms with Crippen LogP contribution in [0.5, 0.6) is 0 Å². The third kappa shape index (κ3) is 5.25. The second kappa shape index (κ2) is 10.5. The lowest BCUT2D eigenvalue weighted by molar-refractivity contribution is 0.0979. The van der Waals surface area contributed by atoms with E-state index in [-0.39, 0.29) is 11.7 Å². The van der Waals surface area contributed by atoms with Crippen molar-refractivity contribution in [3.63, 3.8) is 0 Å². The molecular weight excluding hydrogens is 462 g/mol. The number of rotatable bonds is 8. The van der Waals surface area contributed by atoms with Gasteiger partial charge in [-0.1, -0.05) is 73.7 Å².